The van der Waals surface area contributed by atoms with E-state index < -0.39 is 0 Å². The molecule has 1 amide bonds. The van der Waals surface area contributed by atoms with E-state index in [2.05, 4.69) is 30.6 Å². The second-order valence-corrected chi connectivity index (χ2v) is 6.15. The van der Waals surface area contributed by atoms with E-state index in [1.54, 1.807) is 25.5 Å². The molecule has 0 unspecified atom stereocenters. The number of aliphatic imine (C=N–C) groups is 1. The number of aromatic nitrogens is 3. The van der Waals surface area contributed by atoms with Crippen molar-refractivity contribution in [3.05, 3.63) is 52.4 Å². The monoisotopic (exact) mass is 385 g/mol. The molecule has 27 heavy (non-hydrogen) atoms. The average molecular weight is 386 g/mol. The van der Waals surface area contributed by atoms with Crippen molar-refractivity contribution >= 4 is 40.1 Å². The molecule has 140 valence electrons. The lowest BCUT2D eigenvalue weighted by Gasteiger charge is -2.12. The molecule has 0 radical (unpaired) electrons. The van der Waals surface area contributed by atoms with E-state index >= 15 is 0 Å². The van der Waals surface area contributed by atoms with Gasteiger partial charge < -0.3 is 21.4 Å². The van der Waals surface area contributed by atoms with Crippen LogP contribution in [0.2, 0.25) is 5.02 Å². The Morgan fingerprint density at radius 2 is 2.19 bits per heavy atom. The van der Waals surface area contributed by atoms with Crippen molar-refractivity contribution < 1.29 is 4.79 Å². The first-order valence-electron chi connectivity index (χ1n) is 8.36. The number of fused-ring (bicyclic) bond motifs is 1. The SMILES string of the molecule is CN=C(c1cnc2[nH]cc(C(=O)NCCN)c2n1)c1ccc(Cl)cc1NC. The van der Waals surface area contributed by atoms with Gasteiger partial charge >= 0.3 is 0 Å². The van der Waals surface area contributed by atoms with Crippen molar-refractivity contribution in [2.75, 3.05) is 32.5 Å². The van der Waals surface area contributed by atoms with Gasteiger partial charge in [0.2, 0.25) is 0 Å². The average Bonchev–Trinajstić information content (AvgIpc) is 3.11. The van der Waals surface area contributed by atoms with Gasteiger partial charge in [-0.1, -0.05) is 11.6 Å². The topological polar surface area (TPSA) is 121 Å². The number of H-pyrrole nitrogens is 1. The number of anilines is 1. The van der Waals surface area contributed by atoms with Crippen LogP contribution in [0.25, 0.3) is 11.2 Å². The zero-order valence-corrected chi connectivity index (χ0v) is 15.8. The van der Waals surface area contributed by atoms with Crippen LogP contribution in [0.4, 0.5) is 5.69 Å². The third kappa shape index (κ3) is 3.76. The van der Waals surface area contributed by atoms with E-state index in [-0.39, 0.29) is 5.91 Å². The molecule has 9 heteroatoms. The lowest BCUT2D eigenvalue weighted by atomic mass is 10.0. The summed E-state index contributed by atoms with van der Waals surface area (Å²) >= 11 is 6.08. The maximum absolute atomic E-state index is 12.3. The largest absolute Gasteiger partial charge is 0.388 e. The molecule has 5 N–H and O–H groups in total. The van der Waals surface area contributed by atoms with Gasteiger partial charge in [0.15, 0.2) is 5.65 Å². The summed E-state index contributed by atoms with van der Waals surface area (Å²) in [6.07, 6.45) is 3.21. The molecule has 0 aliphatic carbocycles. The molecule has 0 saturated heterocycles. The minimum Gasteiger partial charge on any atom is -0.388 e. The number of benzene rings is 1. The summed E-state index contributed by atoms with van der Waals surface area (Å²) in [5.74, 6) is -0.254. The quantitative estimate of drug-likeness (QED) is 0.482. The molecule has 8 nitrogen and oxygen atoms in total. The molecule has 3 rings (SSSR count). The smallest absolute Gasteiger partial charge is 0.255 e. The Morgan fingerprint density at radius 1 is 1.37 bits per heavy atom. The van der Waals surface area contributed by atoms with Gasteiger partial charge in [-0.25, -0.2) is 9.97 Å². The molecule has 0 atom stereocenters. The summed E-state index contributed by atoms with van der Waals surface area (Å²) in [6, 6.07) is 5.47. The minimum absolute atomic E-state index is 0.254. The number of aromatic amines is 1. The number of carbonyl (C=O) groups is 1. The van der Waals surface area contributed by atoms with E-state index in [0.717, 1.165) is 11.3 Å². The van der Waals surface area contributed by atoms with Gasteiger partial charge in [0.1, 0.15) is 11.2 Å². The van der Waals surface area contributed by atoms with Gasteiger partial charge in [-0.2, -0.15) is 0 Å². The molecule has 0 fully saturated rings. The highest BCUT2D eigenvalue weighted by Crippen LogP contribution is 2.24. The molecular weight excluding hydrogens is 366 g/mol. The van der Waals surface area contributed by atoms with Crippen molar-refractivity contribution in [3.63, 3.8) is 0 Å². The first-order chi connectivity index (χ1) is 13.1. The lowest BCUT2D eigenvalue weighted by molar-refractivity contribution is 0.0956. The Balaban J connectivity index is 2.07. The van der Waals surface area contributed by atoms with Crippen LogP contribution in [0.1, 0.15) is 21.6 Å². The summed E-state index contributed by atoms with van der Waals surface area (Å²) in [5.41, 5.74) is 9.70. The molecule has 0 saturated carbocycles. The van der Waals surface area contributed by atoms with Crippen molar-refractivity contribution in [2.24, 2.45) is 10.7 Å². The predicted molar refractivity (Wildman–Crippen MR) is 108 cm³/mol. The van der Waals surface area contributed by atoms with Crippen LogP contribution >= 0.6 is 11.6 Å². The van der Waals surface area contributed by atoms with E-state index in [0.29, 0.717) is 46.2 Å². The van der Waals surface area contributed by atoms with Gasteiger partial charge in [0, 0.05) is 49.7 Å². The minimum atomic E-state index is -0.254. The number of hydrogen-bond acceptors (Lipinski definition) is 6. The first kappa shape index (κ1) is 18.8. The highest BCUT2D eigenvalue weighted by atomic mass is 35.5. The summed E-state index contributed by atoms with van der Waals surface area (Å²) in [4.78, 5) is 28.7. The standard InChI is InChI=1S/C18H20ClN7O/c1-21-13-7-10(19)3-4-11(13)15(22-2)14-9-25-17-16(26-14)12(8-24-17)18(27)23-6-5-20/h3-4,7-9,21H,5-6,20H2,1-2H3,(H,23,27)(H,24,25). The molecule has 0 bridgehead atoms. The number of halogens is 1. The molecule has 2 heterocycles. The number of amides is 1. The number of carbonyl (C=O) groups excluding carboxylic acids is 1. The Hall–Kier alpha value is -2.97. The number of hydrogen-bond donors (Lipinski definition) is 4. The fourth-order valence-corrected chi connectivity index (χ4v) is 2.93. The predicted octanol–water partition coefficient (Wildman–Crippen LogP) is 1.81. The number of nitrogens with zero attached hydrogens (tertiary/aromatic N) is 3. The lowest BCUT2D eigenvalue weighted by Crippen LogP contribution is -2.28. The second-order valence-electron chi connectivity index (χ2n) is 5.71. The normalized spacial score (nSPS) is 11.6. The van der Waals surface area contributed by atoms with Crippen LogP contribution in [-0.2, 0) is 0 Å². The van der Waals surface area contributed by atoms with Crippen molar-refractivity contribution in [3.8, 4) is 0 Å². The van der Waals surface area contributed by atoms with Crippen molar-refractivity contribution in [2.45, 2.75) is 0 Å². The van der Waals surface area contributed by atoms with Crippen LogP contribution in [0.3, 0.4) is 0 Å². The van der Waals surface area contributed by atoms with E-state index in [1.165, 1.54) is 0 Å². The summed E-state index contributed by atoms with van der Waals surface area (Å²) < 4.78 is 0. The van der Waals surface area contributed by atoms with Crippen molar-refractivity contribution in [1.82, 2.24) is 20.3 Å². The number of nitrogens with one attached hydrogen (secondary N) is 3. The Morgan fingerprint density at radius 3 is 2.89 bits per heavy atom. The van der Waals surface area contributed by atoms with Crippen LogP contribution in [-0.4, -0.2) is 53.8 Å². The zero-order chi connectivity index (χ0) is 19.4. The van der Waals surface area contributed by atoms with Gasteiger partial charge in [0.05, 0.1) is 17.5 Å². The fraction of sp³-hybridized carbons (Fsp3) is 0.222. The van der Waals surface area contributed by atoms with Crippen LogP contribution in [0, 0.1) is 0 Å². The molecule has 0 aliphatic rings. The molecular formula is C18H20ClN7O. The Labute approximate surface area is 161 Å². The molecule has 1 aromatic carbocycles. The van der Waals surface area contributed by atoms with E-state index in [4.69, 9.17) is 17.3 Å². The molecule has 0 spiro atoms. The first-order valence-corrected chi connectivity index (χ1v) is 8.74. The van der Waals surface area contributed by atoms with E-state index in [1.807, 2.05) is 19.2 Å². The Kier molecular flexibility index (Phi) is 5.68. The number of nitrogens with two attached hydrogens (primary N) is 1. The maximum atomic E-state index is 12.3. The molecule has 0 aliphatic heterocycles. The van der Waals surface area contributed by atoms with Crippen LogP contribution in [0.15, 0.2) is 35.6 Å². The highest BCUT2D eigenvalue weighted by Gasteiger charge is 2.18. The molecule has 3 aromatic rings. The zero-order valence-electron chi connectivity index (χ0n) is 15.0. The summed E-state index contributed by atoms with van der Waals surface area (Å²) in [5, 5.41) is 6.46. The van der Waals surface area contributed by atoms with Crippen LogP contribution in [0.5, 0.6) is 0 Å². The summed E-state index contributed by atoms with van der Waals surface area (Å²) in [7, 11) is 3.49. The second kappa shape index (κ2) is 8.15. The Bertz CT molecular complexity index is 1010. The number of rotatable bonds is 6. The van der Waals surface area contributed by atoms with Gasteiger partial charge in [-0.15, -0.1) is 0 Å². The third-order valence-electron chi connectivity index (χ3n) is 4.03. The van der Waals surface area contributed by atoms with E-state index in [9.17, 15) is 4.79 Å². The maximum Gasteiger partial charge on any atom is 0.255 e. The molecule has 2 aromatic heterocycles. The van der Waals surface area contributed by atoms with Gasteiger partial charge in [-0.05, 0) is 18.2 Å². The summed E-state index contributed by atoms with van der Waals surface area (Å²) in [6.45, 7) is 0.748. The third-order valence-corrected chi connectivity index (χ3v) is 4.26. The van der Waals surface area contributed by atoms with Crippen molar-refractivity contribution in [1.29, 1.82) is 0 Å². The fourth-order valence-electron chi connectivity index (χ4n) is 2.76. The van der Waals surface area contributed by atoms with Crippen LogP contribution < -0.4 is 16.4 Å². The van der Waals surface area contributed by atoms with Gasteiger partial charge in [-0.3, -0.25) is 9.79 Å². The van der Waals surface area contributed by atoms with Gasteiger partial charge in [0.25, 0.3) is 5.91 Å². The highest BCUT2D eigenvalue weighted by molar-refractivity contribution is 6.31.